The third kappa shape index (κ3) is 7.88. The first-order valence-corrected chi connectivity index (χ1v) is 9.50. The minimum absolute atomic E-state index is 0.257. The molecule has 20 heavy (non-hydrogen) atoms. The van der Waals surface area contributed by atoms with Crippen molar-refractivity contribution in [1.29, 1.82) is 0 Å². The first-order chi connectivity index (χ1) is 9.40. The van der Waals surface area contributed by atoms with Gasteiger partial charge in [0.2, 0.25) is 0 Å². The van der Waals surface area contributed by atoms with E-state index in [1.54, 1.807) is 0 Å². The van der Waals surface area contributed by atoms with Crippen LogP contribution in [0.15, 0.2) is 24.3 Å². The van der Waals surface area contributed by atoms with Crippen LogP contribution in [0.3, 0.4) is 0 Å². The fraction of sp³-hybridized carbons (Fsp3) is 0.600. The minimum atomic E-state index is -2.87. The van der Waals surface area contributed by atoms with Crippen LogP contribution in [0.25, 0.3) is 0 Å². The lowest BCUT2D eigenvalue weighted by Gasteiger charge is -2.18. The molecule has 0 heterocycles. The molecule has 0 fully saturated rings. The summed E-state index contributed by atoms with van der Waals surface area (Å²) in [6.07, 6.45) is 4.79. The second-order valence-corrected chi connectivity index (χ2v) is 7.95. The Bertz CT molecular complexity index is 502. The van der Waals surface area contributed by atoms with Crippen molar-refractivity contribution < 1.29 is 8.42 Å². The fourth-order valence-corrected chi connectivity index (χ4v) is 3.07. The van der Waals surface area contributed by atoms with Crippen LogP contribution in [0.4, 0.5) is 0 Å². The molecular weight excluding hydrogens is 294 g/mol. The van der Waals surface area contributed by atoms with Crippen LogP contribution >= 0.6 is 11.6 Å². The standard InChI is InChI=1S/C15H24ClNO2S/c1-3-9-17-15(8-5-10-20(2,18)19)12-13-6-4-7-14(16)11-13/h4,6-7,11,15,17H,3,5,8-10,12H2,1-2H3. The van der Waals surface area contributed by atoms with Gasteiger partial charge in [-0.3, -0.25) is 0 Å². The van der Waals surface area contributed by atoms with Crippen LogP contribution in [0.5, 0.6) is 0 Å². The van der Waals surface area contributed by atoms with E-state index in [4.69, 9.17) is 11.6 Å². The maximum atomic E-state index is 11.2. The summed E-state index contributed by atoms with van der Waals surface area (Å²) in [4.78, 5) is 0. The zero-order chi connectivity index (χ0) is 15.0. The van der Waals surface area contributed by atoms with E-state index >= 15 is 0 Å². The third-order valence-electron chi connectivity index (χ3n) is 3.12. The summed E-state index contributed by atoms with van der Waals surface area (Å²) >= 11 is 6.00. The van der Waals surface area contributed by atoms with Crippen LogP contribution in [-0.2, 0) is 16.3 Å². The number of nitrogens with one attached hydrogen (secondary N) is 1. The van der Waals surface area contributed by atoms with Crippen molar-refractivity contribution in [3.8, 4) is 0 Å². The molecule has 0 saturated heterocycles. The van der Waals surface area contributed by atoms with Crippen molar-refractivity contribution in [2.75, 3.05) is 18.6 Å². The Morgan fingerprint density at radius 1 is 1.35 bits per heavy atom. The monoisotopic (exact) mass is 317 g/mol. The summed E-state index contributed by atoms with van der Waals surface area (Å²) in [5, 5.41) is 4.23. The molecule has 0 aliphatic heterocycles. The van der Waals surface area contributed by atoms with Crippen molar-refractivity contribution in [1.82, 2.24) is 5.32 Å². The van der Waals surface area contributed by atoms with Gasteiger partial charge in [-0.25, -0.2) is 8.42 Å². The lowest BCUT2D eigenvalue weighted by atomic mass is 10.0. The molecular formula is C15H24ClNO2S. The minimum Gasteiger partial charge on any atom is -0.314 e. The first-order valence-electron chi connectivity index (χ1n) is 7.06. The Labute approximate surface area is 127 Å². The van der Waals surface area contributed by atoms with Gasteiger partial charge in [-0.05, 0) is 49.9 Å². The van der Waals surface area contributed by atoms with Crippen molar-refractivity contribution in [2.24, 2.45) is 0 Å². The summed E-state index contributed by atoms with van der Waals surface area (Å²) < 4.78 is 22.4. The van der Waals surface area contributed by atoms with E-state index in [-0.39, 0.29) is 5.75 Å². The van der Waals surface area contributed by atoms with Crippen LogP contribution in [-0.4, -0.2) is 33.0 Å². The molecule has 1 rings (SSSR count). The van der Waals surface area contributed by atoms with Crippen LogP contribution in [0.2, 0.25) is 5.02 Å². The highest BCUT2D eigenvalue weighted by Gasteiger charge is 2.11. The van der Waals surface area contributed by atoms with E-state index in [0.29, 0.717) is 12.5 Å². The van der Waals surface area contributed by atoms with E-state index in [2.05, 4.69) is 18.3 Å². The Morgan fingerprint density at radius 2 is 2.10 bits per heavy atom. The molecule has 1 aromatic carbocycles. The Kier molecular flexibility index (Phi) is 7.56. The normalized spacial score (nSPS) is 13.3. The van der Waals surface area contributed by atoms with Gasteiger partial charge in [0.1, 0.15) is 9.84 Å². The van der Waals surface area contributed by atoms with E-state index < -0.39 is 9.84 Å². The Balaban J connectivity index is 2.55. The summed E-state index contributed by atoms with van der Waals surface area (Å²) in [7, 11) is -2.87. The molecule has 1 N–H and O–H groups in total. The van der Waals surface area contributed by atoms with E-state index in [0.717, 1.165) is 30.8 Å². The Morgan fingerprint density at radius 3 is 2.70 bits per heavy atom. The fourth-order valence-electron chi connectivity index (χ4n) is 2.17. The maximum Gasteiger partial charge on any atom is 0.147 e. The van der Waals surface area contributed by atoms with Gasteiger partial charge in [-0.2, -0.15) is 0 Å². The largest absolute Gasteiger partial charge is 0.314 e. The topological polar surface area (TPSA) is 46.2 Å². The molecule has 0 saturated carbocycles. The molecule has 0 aliphatic rings. The van der Waals surface area contributed by atoms with E-state index in [1.807, 2.05) is 18.2 Å². The number of rotatable bonds is 9. The molecule has 0 aliphatic carbocycles. The van der Waals surface area contributed by atoms with Gasteiger partial charge in [-0.15, -0.1) is 0 Å². The van der Waals surface area contributed by atoms with Gasteiger partial charge in [0.25, 0.3) is 0 Å². The van der Waals surface area contributed by atoms with Crippen molar-refractivity contribution in [3.63, 3.8) is 0 Å². The summed E-state index contributed by atoms with van der Waals surface area (Å²) in [6.45, 7) is 3.07. The number of halogens is 1. The second-order valence-electron chi connectivity index (χ2n) is 5.26. The molecule has 0 amide bonds. The zero-order valence-electron chi connectivity index (χ0n) is 12.2. The lowest BCUT2D eigenvalue weighted by Crippen LogP contribution is -2.32. The molecule has 0 spiro atoms. The second kappa shape index (κ2) is 8.65. The predicted octanol–water partition coefficient (Wildman–Crippen LogP) is 3.08. The zero-order valence-corrected chi connectivity index (χ0v) is 13.8. The molecule has 1 atom stereocenters. The molecule has 1 aromatic rings. The van der Waals surface area contributed by atoms with Gasteiger partial charge in [-0.1, -0.05) is 30.7 Å². The molecule has 114 valence electrons. The molecule has 0 bridgehead atoms. The van der Waals surface area contributed by atoms with Gasteiger partial charge in [0, 0.05) is 23.1 Å². The highest BCUT2D eigenvalue weighted by molar-refractivity contribution is 7.90. The van der Waals surface area contributed by atoms with Crippen LogP contribution < -0.4 is 5.32 Å². The molecule has 3 nitrogen and oxygen atoms in total. The average Bonchev–Trinajstić information content (AvgIpc) is 2.34. The SMILES string of the molecule is CCCNC(CCCS(C)(=O)=O)Cc1cccc(Cl)c1. The van der Waals surface area contributed by atoms with Crippen LogP contribution in [0, 0.1) is 0 Å². The van der Waals surface area contributed by atoms with Gasteiger partial charge >= 0.3 is 0 Å². The molecule has 1 unspecified atom stereocenters. The lowest BCUT2D eigenvalue weighted by molar-refractivity contribution is 0.472. The quantitative estimate of drug-likeness (QED) is 0.761. The highest BCUT2D eigenvalue weighted by atomic mass is 35.5. The number of hydrogen-bond acceptors (Lipinski definition) is 3. The molecule has 0 aromatic heterocycles. The number of benzene rings is 1. The third-order valence-corrected chi connectivity index (χ3v) is 4.39. The highest BCUT2D eigenvalue weighted by Crippen LogP contribution is 2.14. The van der Waals surface area contributed by atoms with Gasteiger partial charge < -0.3 is 5.32 Å². The molecule has 5 heteroatoms. The van der Waals surface area contributed by atoms with Crippen molar-refractivity contribution in [3.05, 3.63) is 34.9 Å². The van der Waals surface area contributed by atoms with Crippen LogP contribution in [0.1, 0.15) is 31.7 Å². The van der Waals surface area contributed by atoms with E-state index in [1.165, 1.54) is 11.8 Å². The van der Waals surface area contributed by atoms with Crippen molar-refractivity contribution in [2.45, 2.75) is 38.6 Å². The molecule has 0 radical (unpaired) electrons. The maximum absolute atomic E-state index is 11.2. The van der Waals surface area contributed by atoms with Gasteiger partial charge in [0.15, 0.2) is 0 Å². The predicted molar refractivity (Wildman–Crippen MR) is 86.2 cm³/mol. The smallest absolute Gasteiger partial charge is 0.147 e. The summed E-state index contributed by atoms with van der Waals surface area (Å²) in [5.41, 5.74) is 1.19. The van der Waals surface area contributed by atoms with Crippen molar-refractivity contribution >= 4 is 21.4 Å². The summed E-state index contributed by atoms with van der Waals surface area (Å²) in [5.74, 6) is 0.257. The van der Waals surface area contributed by atoms with Gasteiger partial charge in [0.05, 0.1) is 0 Å². The van der Waals surface area contributed by atoms with E-state index in [9.17, 15) is 8.42 Å². The number of sulfone groups is 1. The Hall–Kier alpha value is -0.580. The number of hydrogen-bond donors (Lipinski definition) is 1. The first kappa shape index (κ1) is 17.5. The summed E-state index contributed by atoms with van der Waals surface area (Å²) in [6, 6.07) is 8.14. The average molecular weight is 318 g/mol.